The van der Waals surface area contributed by atoms with Gasteiger partial charge >= 0.3 is 0 Å². The summed E-state index contributed by atoms with van der Waals surface area (Å²) in [6, 6.07) is 5.09. The molecule has 114 valence electrons. The molecule has 1 aliphatic rings. The number of hydrogen-bond acceptors (Lipinski definition) is 4. The van der Waals surface area contributed by atoms with Gasteiger partial charge in [0.25, 0.3) is 0 Å². The number of carbonyl (C=O) groups excluding carboxylic acids is 2. The van der Waals surface area contributed by atoms with E-state index in [-0.39, 0.29) is 5.91 Å². The topological polar surface area (TPSA) is 101 Å². The first-order chi connectivity index (χ1) is 10.1. The molecule has 1 heterocycles. The lowest BCUT2D eigenvalue weighted by Crippen LogP contribution is -2.28. The third-order valence-corrected chi connectivity index (χ3v) is 3.70. The zero-order valence-electron chi connectivity index (χ0n) is 12.1. The van der Waals surface area contributed by atoms with E-state index < -0.39 is 5.91 Å². The lowest BCUT2D eigenvalue weighted by atomic mass is 10.1. The van der Waals surface area contributed by atoms with Crippen LogP contribution in [0.1, 0.15) is 35.2 Å². The van der Waals surface area contributed by atoms with E-state index in [1.807, 2.05) is 11.0 Å². The van der Waals surface area contributed by atoms with Crippen LogP contribution in [0.2, 0.25) is 0 Å². The van der Waals surface area contributed by atoms with Gasteiger partial charge in [-0.05, 0) is 37.1 Å². The van der Waals surface area contributed by atoms with Crippen molar-refractivity contribution in [3.05, 3.63) is 29.3 Å². The second kappa shape index (κ2) is 7.08. The van der Waals surface area contributed by atoms with E-state index in [9.17, 15) is 9.59 Å². The lowest BCUT2D eigenvalue weighted by Gasteiger charge is -2.15. The fourth-order valence-corrected chi connectivity index (χ4v) is 2.47. The Hall–Kier alpha value is -2.08. The molecule has 5 N–H and O–H groups in total. The first-order valence-corrected chi connectivity index (χ1v) is 7.24. The van der Waals surface area contributed by atoms with Gasteiger partial charge in [-0.15, -0.1) is 0 Å². The SMILES string of the molecule is NC(=O)c1ccc(CNCCCN2CCCC2=O)c(N)c1. The zero-order chi connectivity index (χ0) is 15.2. The molecule has 0 atom stereocenters. The highest BCUT2D eigenvalue weighted by atomic mass is 16.2. The zero-order valence-corrected chi connectivity index (χ0v) is 12.1. The van der Waals surface area contributed by atoms with E-state index in [4.69, 9.17) is 11.5 Å². The van der Waals surface area contributed by atoms with Gasteiger partial charge in [0.2, 0.25) is 11.8 Å². The van der Waals surface area contributed by atoms with Crippen LogP contribution in [-0.2, 0) is 11.3 Å². The third kappa shape index (κ3) is 4.19. The Morgan fingerprint density at radius 1 is 1.38 bits per heavy atom. The van der Waals surface area contributed by atoms with Crippen LogP contribution in [0.15, 0.2) is 18.2 Å². The first-order valence-electron chi connectivity index (χ1n) is 7.24. The number of anilines is 1. The second-order valence-corrected chi connectivity index (χ2v) is 5.29. The van der Waals surface area contributed by atoms with Crippen LogP contribution < -0.4 is 16.8 Å². The number of primary amides is 1. The predicted molar refractivity (Wildman–Crippen MR) is 81.5 cm³/mol. The maximum absolute atomic E-state index is 11.4. The fourth-order valence-electron chi connectivity index (χ4n) is 2.47. The highest BCUT2D eigenvalue weighted by Crippen LogP contribution is 2.14. The third-order valence-electron chi connectivity index (χ3n) is 3.70. The normalized spacial score (nSPS) is 14.7. The summed E-state index contributed by atoms with van der Waals surface area (Å²) < 4.78 is 0. The molecule has 0 radical (unpaired) electrons. The molecule has 6 heteroatoms. The molecule has 2 amide bonds. The molecule has 21 heavy (non-hydrogen) atoms. The van der Waals surface area contributed by atoms with Crippen LogP contribution >= 0.6 is 0 Å². The molecule has 0 bridgehead atoms. The smallest absolute Gasteiger partial charge is 0.248 e. The first kappa shape index (κ1) is 15.3. The molecule has 0 spiro atoms. The summed E-state index contributed by atoms with van der Waals surface area (Å²) in [4.78, 5) is 24.4. The summed E-state index contributed by atoms with van der Waals surface area (Å²) >= 11 is 0. The average Bonchev–Trinajstić information content (AvgIpc) is 2.85. The number of carbonyl (C=O) groups is 2. The Kier molecular flexibility index (Phi) is 5.16. The van der Waals surface area contributed by atoms with E-state index in [0.717, 1.165) is 38.0 Å². The highest BCUT2D eigenvalue weighted by Gasteiger charge is 2.18. The number of benzene rings is 1. The quantitative estimate of drug-likeness (QED) is 0.502. The average molecular weight is 290 g/mol. The maximum atomic E-state index is 11.4. The van der Waals surface area contributed by atoms with Crippen LogP contribution in [0.25, 0.3) is 0 Å². The van der Waals surface area contributed by atoms with Gasteiger partial charge in [0.15, 0.2) is 0 Å². The molecule has 1 fully saturated rings. The minimum Gasteiger partial charge on any atom is -0.398 e. The Labute approximate surface area is 124 Å². The van der Waals surface area contributed by atoms with E-state index in [1.54, 1.807) is 12.1 Å². The van der Waals surface area contributed by atoms with E-state index in [2.05, 4.69) is 5.32 Å². The van der Waals surface area contributed by atoms with Crippen molar-refractivity contribution in [2.24, 2.45) is 5.73 Å². The van der Waals surface area contributed by atoms with Crippen molar-refractivity contribution in [3.63, 3.8) is 0 Å². The molecule has 2 rings (SSSR count). The van der Waals surface area contributed by atoms with Gasteiger partial charge in [-0.1, -0.05) is 6.07 Å². The van der Waals surface area contributed by atoms with Crippen molar-refractivity contribution in [2.75, 3.05) is 25.4 Å². The Balaban J connectivity index is 1.71. The van der Waals surface area contributed by atoms with E-state index in [0.29, 0.717) is 24.2 Å². The molecular weight excluding hydrogens is 268 g/mol. The molecule has 0 unspecified atom stereocenters. The van der Waals surface area contributed by atoms with Crippen LogP contribution in [0.3, 0.4) is 0 Å². The minimum atomic E-state index is -0.475. The monoisotopic (exact) mass is 290 g/mol. The molecule has 0 aliphatic carbocycles. The van der Waals surface area contributed by atoms with Gasteiger partial charge in [0.05, 0.1) is 0 Å². The van der Waals surface area contributed by atoms with Crippen molar-refractivity contribution < 1.29 is 9.59 Å². The Morgan fingerprint density at radius 2 is 2.19 bits per heavy atom. The molecule has 0 saturated carbocycles. The molecule has 1 aromatic rings. The summed E-state index contributed by atoms with van der Waals surface area (Å²) in [7, 11) is 0. The van der Waals surface area contributed by atoms with Gasteiger partial charge < -0.3 is 21.7 Å². The van der Waals surface area contributed by atoms with Crippen LogP contribution in [0.4, 0.5) is 5.69 Å². The standard InChI is InChI=1S/C15H22N4O2/c16-13-9-11(15(17)21)4-5-12(13)10-18-6-2-8-19-7-1-3-14(19)20/h4-5,9,18H,1-3,6-8,10,16H2,(H2,17,21). The van der Waals surface area contributed by atoms with Crippen molar-refractivity contribution in [2.45, 2.75) is 25.8 Å². The number of hydrogen-bond donors (Lipinski definition) is 3. The number of amides is 2. The molecule has 0 aromatic heterocycles. The van der Waals surface area contributed by atoms with Gasteiger partial charge in [0.1, 0.15) is 0 Å². The molecular formula is C15H22N4O2. The number of nitrogens with one attached hydrogen (secondary N) is 1. The van der Waals surface area contributed by atoms with Gasteiger partial charge in [-0.2, -0.15) is 0 Å². The van der Waals surface area contributed by atoms with Crippen LogP contribution in [0.5, 0.6) is 0 Å². The van der Waals surface area contributed by atoms with Crippen LogP contribution in [-0.4, -0.2) is 36.3 Å². The fraction of sp³-hybridized carbons (Fsp3) is 0.467. The predicted octanol–water partition coefficient (Wildman–Crippen LogP) is 0.470. The van der Waals surface area contributed by atoms with E-state index in [1.165, 1.54) is 0 Å². The molecule has 1 aliphatic heterocycles. The Bertz CT molecular complexity index is 530. The van der Waals surface area contributed by atoms with Crippen molar-refractivity contribution >= 4 is 17.5 Å². The highest BCUT2D eigenvalue weighted by molar-refractivity contribution is 5.93. The minimum absolute atomic E-state index is 0.265. The number of nitrogen functional groups attached to an aromatic ring is 1. The van der Waals surface area contributed by atoms with Crippen molar-refractivity contribution in [1.82, 2.24) is 10.2 Å². The summed E-state index contributed by atoms with van der Waals surface area (Å²) in [6.07, 6.45) is 2.59. The molecule has 1 saturated heterocycles. The Morgan fingerprint density at radius 3 is 2.81 bits per heavy atom. The number of likely N-dealkylation sites (tertiary alicyclic amines) is 1. The number of nitrogens with two attached hydrogens (primary N) is 2. The van der Waals surface area contributed by atoms with Gasteiger partial charge in [-0.25, -0.2) is 0 Å². The largest absolute Gasteiger partial charge is 0.398 e. The van der Waals surface area contributed by atoms with Crippen molar-refractivity contribution in [1.29, 1.82) is 0 Å². The van der Waals surface area contributed by atoms with Gasteiger partial charge in [-0.3, -0.25) is 9.59 Å². The van der Waals surface area contributed by atoms with Crippen LogP contribution in [0, 0.1) is 0 Å². The van der Waals surface area contributed by atoms with Gasteiger partial charge in [0, 0.05) is 37.3 Å². The van der Waals surface area contributed by atoms with E-state index >= 15 is 0 Å². The maximum Gasteiger partial charge on any atom is 0.248 e. The van der Waals surface area contributed by atoms with Crippen molar-refractivity contribution in [3.8, 4) is 0 Å². The summed E-state index contributed by atoms with van der Waals surface area (Å²) in [5.74, 6) is -0.210. The summed E-state index contributed by atoms with van der Waals surface area (Å²) in [6.45, 7) is 3.15. The summed E-state index contributed by atoms with van der Waals surface area (Å²) in [5, 5.41) is 3.30. The molecule has 1 aromatic carbocycles. The second-order valence-electron chi connectivity index (χ2n) is 5.29. The number of rotatable bonds is 7. The number of nitrogens with zero attached hydrogens (tertiary/aromatic N) is 1. The lowest BCUT2D eigenvalue weighted by molar-refractivity contribution is -0.127. The molecule has 6 nitrogen and oxygen atoms in total. The summed E-state index contributed by atoms with van der Waals surface area (Å²) in [5.41, 5.74) is 13.0.